The molecule has 5 heteroatoms. The smallest absolute Gasteiger partial charge is 0.319 e. The fourth-order valence-electron chi connectivity index (χ4n) is 3.02. The molecule has 126 valence electrons. The van der Waals surface area contributed by atoms with Crippen LogP contribution in [0.5, 0.6) is 0 Å². The van der Waals surface area contributed by atoms with Gasteiger partial charge in [0, 0.05) is 23.8 Å². The van der Waals surface area contributed by atoms with Gasteiger partial charge in [0.1, 0.15) is 0 Å². The average Bonchev–Trinajstić information content (AvgIpc) is 2.52. The van der Waals surface area contributed by atoms with E-state index < -0.39 is 0 Å². The number of rotatable bonds is 4. The summed E-state index contributed by atoms with van der Waals surface area (Å²) in [5, 5.41) is 8.72. The Bertz CT molecular complexity index is 571. The molecule has 1 aliphatic rings. The Balaban J connectivity index is 2.02. The molecule has 1 saturated carbocycles. The van der Waals surface area contributed by atoms with E-state index >= 15 is 0 Å². The maximum absolute atomic E-state index is 12.3. The highest BCUT2D eigenvalue weighted by Gasteiger charge is 2.23. The zero-order valence-corrected chi connectivity index (χ0v) is 14.2. The molecule has 0 saturated heterocycles. The van der Waals surface area contributed by atoms with E-state index in [2.05, 4.69) is 22.9 Å². The molecular formula is C18H27N3O2. The summed E-state index contributed by atoms with van der Waals surface area (Å²) in [7, 11) is 0. The van der Waals surface area contributed by atoms with Gasteiger partial charge < -0.3 is 16.0 Å². The maximum atomic E-state index is 12.3. The van der Waals surface area contributed by atoms with Crippen LogP contribution in [-0.2, 0) is 0 Å². The highest BCUT2D eigenvalue weighted by atomic mass is 16.2. The van der Waals surface area contributed by atoms with Crippen molar-refractivity contribution >= 4 is 17.6 Å². The Kier molecular flexibility index (Phi) is 6.02. The molecule has 0 aliphatic heterocycles. The van der Waals surface area contributed by atoms with Crippen LogP contribution >= 0.6 is 0 Å². The van der Waals surface area contributed by atoms with Gasteiger partial charge in [-0.25, -0.2) is 4.79 Å². The molecule has 2 unspecified atom stereocenters. The minimum Gasteiger partial charge on any atom is -0.352 e. The van der Waals surface area contributed by atoms with E-state index in [1.807, 2.05) is 19.9 Å². The Hall–Kier alpha value is -2.04. The first-order chi connectivity index (χ1) is 11.0. The summed E-state index contributed by atoms with van der Waals surface area (Å²) in [6, 6.07) is 5.38. The summed E-state index contributed by atoms with van der Waals surface area (Å²) in [5.41, 5.74) is 2.17. The summed E-state index contributed by atoms with van der Waals surface area (Å²) in [5.74, 6) is 0.383. The number of benzene rings is 1. The van der Waals surface area contributed by atoms with Crippen molar-refractivity contribution in [3.05, 3.63) is 29.3 Å². The molecule has 2 rings (SSSR count). The van der Waals surface area contributed by atoms with E-state index in [0.29, 0.717) is 23.7 Å². The second kappa shape index (κ2) is 7.99. The van der Waals surface area contributed by atoms with Crippen LogP contribution < -0.4 is 16.0 Å². The number of urea groups is 1. The zero-order chi connectivity index (χ0) is 16.8. The second-order valence-electron chi connectivity index (χ2n) is 6.36. The fourth-order valence-corrected chi connectivity index (χ4v) is 3.02. The lowest BCUT2D eigenvalue weighted by Gasteiger charge is -2.29. The minimum atomic E-state index is -0.195. The van der Waals surface area contributed by atoms with Crippen LogP contribution in [0.15, 0.2) is 18.2 Å². The Morgan fingerprint density at radius 1 is 1.22 bits per heavy atom. The Morgan fingerprint density at radius 2 is 1.96 bits per heavy atom. The molecule has 1 aliphatic carbocycles. The van der Waals surface area contributed by atoms with E-state index in [4.69, 9.17) is 0 Å². The van der Waals surface area contributed by atoms with Gasteiger partial charge in [-0.15, -0.1) is 0 Å². The summed E-state index contributed by atoms with van der Waals surface area (Å²) >= 11 is 0. The van der Waals surface area contributed by atoms with Gasteiger partial charge in [0.05, 0.1) is 0 Å². The lowest BCUT2D eigenvalue weighted by molar-refractivity contribution is 0.0956. The van der Waals surface area contributed by atoms with Gasteiger partial charge in [0.15, 0.2) is 0 Å². The predicted molar refractivity (Wildman–Crippen MR) is 92.8 cm³/mol. The fraction of sp³-hybridized carbons (Fsp3) is 0.556. The molecule has 1 fully saturated rings. The molecule has 3 N–H and O–H groups in total. The quantitative estimate of drug-likeness (QED) is 0.796. The van der Waals surface area contributed by atoms with Gasteiger partial charge in [0.2, 0.25) is 0 Å². The molecule has 0 bridgehead atoms. The maximum Gasteiger partial charge on any atom is 0.319 e. The van der Waals surface area contributed by atoms with Crippen molar-refractivity contribution in [2.45, 2.75) is 52.5 Å². The number of carbonyl (C=O) groups excluding carboxylic acids is 2. The van der Waals surface area contributed by atoms with Crippen LogP contribution in [0.2, 0.25) is 0 Å². The third kappa shape index (κ3) is 4.71. The highest BCUT2D eigenvalue weighted by Crippen LogP contribution is 2.24. The predicted octanol–water partition coefficient (Wildman–Crippen LogP) is 3.44. The number of anilines is 1. The molecule has 1 aromatic carbocycles. The van der Waals surface area contributed by atoms with Crippen molar-refractivity contribution in [1.82, 2.24) is 10.6 Å². The normalized spacial score (nSPS) is 20.7. The van der Waals surface area contributed by atoms with Gasteiger partial charge in [0.25, 0.3) is 5.91 Å². The van der Waals surface area contributed by atoms with Crippen LogP contribution in [0.3, 0.4) is 0 Å². The monoisotopic (exact) mass is 317 g/mol. The van der Waals surface area contributed by atoms with Gasteiger partial charge in [-0.3, -0.25) is 4.79 Å². The van der Waals surface area contributed by atoms with E-state index in [-0.39, 0.29) is 18.0 Å². The number of aryl methyl sites for hydroxylation is 1. The average molecular weight is 317 g/mol. The second-order valence-corrected chi connectivity index (χ2v) is 6.36. The molecule has 0 aromatic heterocycles. The van der Waals surface area contributed by atoms with Gasteiger partial charge in [-0.05, 0) is 50.3 Å². The summed E-state index contributed by atoms with van der Waals surface area (Å²) in [6.45, 7) is 6.56. The van der Waals surface area contributed by atoms with Crippen molar-refractivity contribution in [2.24, 2.45) is 5.92 Å². The first kappa shape index (κ1) is 17.3. The number of hydrogen-bond donors (Lipinski definition) is 3. The van der Waals surface area contributed by atoms with Crippen molar-refractivity contribution in [1.29, 1.82) is 0 Å². The first-order valence-corrected chi connectivity index (χ1v) is 8.47. The van der Waals surface area contributed by atoms with Crippen molar-refractivity contribution in [3.8, 4) is 0 Å². The SMILES string of the molecule is CCNC(=O)c1ccc(C)c(NC(=O)NC2CCCCC2C)c1. The summed E-state index contributed by atoms with van der Waals surface area (Å²) in [6.07, 6.45) is 4.61. The van der Waals surface area contributed by atoms with Crippen LogP contribution in [0.4, 0.5) is 10.5 Å². The molecule has 0 heterocycles. The van der Waals surface area contributed by atoms with Gasteiger partial charge >= 0.3 is 6.03 Å². The number of amides is 3. The van der Waals surface area contributed by atoms with Crippen LogP contribution in [-0.4, -0.2) is 24.5 Å². The molecule has 5 nitrogen and oxygen atoms in total. The van der Waals surface area contributed by atoms with E-state index in [1.54, 1.807) is 12.1 Å². The lowest BCUT2D eigenvalue weighted by Crippen LogP contribution is -2.43. The largest absolute Gasteiger partial charge is 0.352 e. The standard InChI is InChI=1S/C18H27N3O2/c1-4-19-17(22)14-10-9-13(3)16(11-14)21-18(23)20-15-8-6-5-7-12(15)2/h9-12,15H,4-8H2,1-3H3,(H,19,22)(H2,20,21,23). The summed E-state index contributed by atoms with van der Waals surface area (Å²) in [4.78, 5) is 24.2. The first-order valence-electron chi connectivity index (χ1n) is 8.47. The van der Waals surface area contributed by atoms with E-state index in [1.165, 1.54) is 12.8 Å². The Morgan fingerprint density at radius 3 is 2.65 bits per heavy atom. The molecular weight excluding hydrogens is 290 g/mol. The third-order valence-electron chi connectivity index (χ3n) is 4.51. The van der Waals surface area contributed by atoms with Gasteiger partial charge in [-0.2, -0.15) is 0 Å². The van der Waals surface area contributed by atoms with Crippen LogP contribution in [0, 0.1) is 12.8 Å². The number of nitrogens with one attached hydrogen (secondary N) is 3. The van der Waals surface area contributed by atoms with Crippen molar-refractivity contribution in [2.75, 3.05) is 11.9 Å². The molecule has 1 aromatic rings. The summed E-state index contributed by atoms with van der Waals surface area (Å²) < 4.78 is 0. The van der Waals surface area contributed by atoms with Crippen molar-refractivity contribution < 1.29 is 9.59 Å². The molecule has 0 spiro atoms. The zero-order valence-electron chi connectivity index (χ0n) is 14.2. The van der Waals surface area contributed by atoms with E-state index in [0.717, 1.165) is 18.4 Å². The van der Waals surface area contributed by atoms with E-state index in [9.17, 15) is 9.59 Å². The lowest BCUT2D eigenvalue weighted by atomic mass is 9.86. The Labute approximate surface area is 138 Å². The van der Waals surface area contributed by atoms with Crippen LogP contribution in [0.25, 0.3) is 0 Å². The van der Waals surface area contributed by atoms with Crippen molar-refractivity contribution in [3.63, 3.8) is 0 Å². The number of hydrogen-bond acceptors (Lipinski definition) is 2. The third-order valence-corrected chi connectivity index (χ3v) is 4.51. The number of carbonyl (C=O) groups is 2. The molecule has 2 atom stereocenters. The highest BCUT2D eigenvalue weighted by molar-refractivity contribution is 5.97. The topological polar surface area (TPSA) is 70.2 Å². The minimum absolute atomic E-state index is 0.128. The van der Waals surface area contributed by atoms with Crippen LogP contribution in [0.1, 0.15) is 55.5 Å². The molecule has 23 heavy (non-hydrogen) atoms. The molecule has 3 amide bonds. The molecule has 0 radical (unpaired) electrons. The van der Waals surface area contributed by atoms with Gasteiger partial charge in [-0.1, -0.05) is 25.8 Å².